The van der Waals surface area contributed by atoms with Gasteiger partial charge in [0.25, 0.3) is 0 Å². The van der Waals surface area contributed by atoms with E-state index in [9.17, 15) is 0 Å². The van der Waals surface area contributed by atoms with Gasteiger partial charge in [0.1, 0.15) is 0 Å². The van der Waals surface area contributed by atoms with Crippen LogP contribution in [-0.2, 0) is 25.7 Å². The normalized spacial score (nSPS) is 15.2. The average Bonchev–Trinajstić information content (AvgIpc) is 2.82. The van der Waals surface area contributed by atoms with Crippen LogP contribution in [0.3, 0.4) is 0 Å². The third-order valence-electron chi connectivity index (χ3n) is 5.59. The quantitative estimate of drug-likeness (QED) is 0.419. The molecule has 4 aliphatic carbocycles. The number of aryl methyl sites for hydroxylation is 4. The summed E-state index contributed by atoms with van der Waals surface area (Å²) >= 11 is 0. The fraction of sp³-hybridized carbons (Fsp3) is 0.375. The van der Waals surface area contributed by atoms with E-state index >= 15 is 0 Å². The van der Waals surface area contributed by atoms with Crippen LogP contribution in [0.5, 0.6) is 0 Å². The standard InChI is InChI=1S/C32H32/c1-2-6-10-14-18-30-25-27-32(28-26-30)20-16-12-8-4-3-7-11-15-19-31-23-21-29(22-24-31)17-13-9-5-1/h21-28H,9-20H2. The smallest absolute Gasteiger partial charge is 0.0102 e. The Labute approximate surface area is 195 Å². The molecule has 0 amide bonds. The lowest BCUT2D eigenvalue weighted by molar-refractivity contribution is 0.844. The first-order valence-corrected chi connectivity index (χ1v) is 12.0. The number of rotatable bonds is 0. The molecule has 4 aliphatic rings. The van der Waals surface area contributed by atoms with Crippen LogP contribution in [0.2, 0.25) is 0 Å². The van der Waals surface area contributed by atoms with Gasteiger partial charge in [-0.15, -0.1) is 0 Å². The molecule has 0 saturated heterocycles. The zero-order valence-corrected chi connectivity index (χ0v) is 19.1. The molecule has 0 aliphatic heterocycles. The summed E-state index contributed by atoms with van der Waals surface area (Å²) in [5.74, 6) is 24.8. The largest absolute Gasteiger partial charge is 0.0891 e. The van der Waals surface area contributed by atoms with Gasteiger partial charge in [-0.05, 0) is 97.3 Å². The highest BCUT2D eigenvalue weighted by atomic mass is 14.0. The molecular weight excluding hydrogens is 384 g/mol. The second kappa shape index (κ2) is 14.6. The van der Waals surface area contributed by atoms with Crippen molar-refractivity contribution in [2.24, 2.45) is 0 Å². The maximum Gasteiger partial charge on any atom is 0.0102 e. The molecule has 0 N–H and O–H groups in total. The molecule has 4 bridgehead atoms. The highest BCUT2D eigenvalue weighted by Gasteiger charge is 1.97. The van der Waals surface area contributed by atoms with Crippen molar-refractivity contribution in [3.05, 3.63) is 70.8 Å². The van der Waals surface area contributed by atoms with E-state index in [-0.39, 0.29) is 0 Å². The summed E-state index contributed by atoms with van der Waals surface area (Å²) < 4.78 is 0. The van der Waals surface area contributed by atoms with E-state index in [1.165, 1.54) is 22.3 Å². The molecule has 0 saturated carbocycles. The van der Waals surface area contributed by atoms with E-state index in [0.717, 1.165) is 77.0 Å². The van der Waals surface area contributed by atoms with Crippen LogP contribution >= 0.6 is 0 Å². The molecule has 0 heterocycles. The molecule has 0 fully saturated rings. The lowest BCUT2D eigenvalue weighted by Crippen LogP contribution is -1.89. The first kappa shape index (κ1) is 23.3. The molecule has 6 rings (SSSR count). The molecule has 0 spiro atoms. The average molecular weight is 417 g/mol. The molecule has 0 unspecified atom stereocenters. The zero-order chi connectivity index (χ0) is 22.1. The van der Waals surface area contributed by atoms with Crippen molar-refractivity contribution in [2.75, 3.05) is 0 Å². The summed E-state index contributed by atoms with van der Waals surface area (Å²) in [7, 11) is 0. The Kier molecular flexibility index (Phi) is 10.7. The van der Waals surface area contributed by atoms with Crippen molar-refractivity contribution in [3.8, 4) is 47.4 Å². The molecular formula is C32H32. The van der Waals surface area contributed by atoms with E-state index in [1.807, 2.05) is 0 Å². The molecule has 32 heavy (non-hydrogen) atoms. The Morgan fingerprint density at radius 1 is 0.344 bits per heavy atom. The molecule has 2 aromatic carbocycles. The highest BCUT2D eigenvalue weighted by Crippen LogP contribution is 2.11. The number of hydrogen-bond donors (Lipinski definition) is 0. The van der Waals surface area contributed by atoms with Gasteiger partial charge in [-0.1, -0.05) is 72.2 Å². The Hall–Kier alpha value is -3.32. The molecule has 0 nitrogen and oxygen atoms in total. The summed E-state index contributed by atoms with van der Waals surface area (Å²) in [4.78, 5) is 0. The Morgan fingerprint density at radius 3 is 0.781 bits per heavy atom. The van der Waals surface area contributed by atoms with Gasteiger partial charge in [-0.2, -0.15) is 0 Å². The SMILES string of the molecule is C1#CCCCc2ccc(cc2)CCCC#CC#CCCCc2ccc(cc2)CCCC#C1. The predicted molar refractivity (Wildman–Crippen MR) is 136 cm³/mol. The summed E-state index contributed by atoms with van der Waals surface area (Å²) in [5, 5.41) is 0. The minimum Gasteiger partial charge on any atom is -0.0891 e. The molecule has 0 atom stereocenters. The van der Waals surface area contributed by atoms with Gasteiger partial charge >= 0.3 is 0 Å². The van der Waals surface area contributed by atoms with Crippen LogP contribution in [0.15, 0.2) is 48.5 Å². The van der Waals surface area contributed by atoms with Crippen LogP contribution in [-0.4, -0.2) is 0 Å². The minimum absolute atomic E-state index is 0.907. The second-order valence-corrected chi connectivity index (χ2v) is 8.25. The topological polar surface area (TPSA) is 0 Å². The lowest BCUT2D eigenvalue weighted by Gasteiger charge is -2.03. The van der Waals surface area contributed by atoms with E-state index in [1.54, 1.807) is 0 Å². The van der Waals surface area contributed by atoms with Crippen molar-refractivity contribution in [1.29, 1.82) is 0 Å². The Balaban J connectivity index is 1.54. The fourth-order valence-electron chi connectivity index (χ4n) is 3.70. The van der Waals surface area contributed by atoms with Crippen molar-refractivity contribution < 1.29 is 0 Å². The van der Waals surface area contributed by atoms with Gasteiger partial charge in [0.2, 0.25) is 0 Å². The maximum atomic E-state index is 3.20. The van der Waals surface area contributed by atoms with Gasteiger partial charge < -0.3 is 0 Å². The monoisotopic (exact) mass is 416 g/mol. The van der Waals surface area contributed by atoms with Gasteiger partial charge in [-0.25, -0.2) is 0 Å². The van der Waals surface area contributed by atoms with Gasteiger partial charge in [0.15, 0.2) is 0 Å². The van der Waals surface area contributed by atoms with E-state index in [0.29, 0.717) is 0 Å². The summed E-state index contributed by atoms with van der Waals surface area (Å²) in [6, 6.07) is 18.0. The van der Waals surface area contributed by atoms with Crippen molar-refractivity contribution in [3.63, 3.8) is 0 Å². The summed E-state index contributed by atoms with van der Waals surface area (Å²) in [6.45, 7) is 0. The van der Waals surface area contributed by atoms with Crippen LogP contribution in [0.1, 0.15) is 73.6 Å². The molecule has 160 valence electrons. The Bertz CT molecular complexity index is 887. The van der Waals surface area contributed by atoms with Gasteiger partial charge in [0.05, 0.1) is 0 Å². The van der Waals surface area contributed by atoms with Crippen molar-refractivity contribution in [1.82, 2.24) is 0 Å². The van der Waals surface area contributed by atoms with Crippen molar-refractivity contribution in [2.45, 2.75) is 77.0 Å². The van der Waals surface area contributed by atoms with Crippen LogP contribution in [0.25, 0.3) is 0 Å². The van der Waals surface area contributed by atoms with Gasteiger partial charge in [0, 0.05) is 25.7 Å². The third kappa shape index (κ3) is 9.66. The fourth-order valence-corrected chi connectivity index (χ4v) is 3.70. The molecule has 0 radical (unpaired) electrons. The highest BCUT2D eigenvalue weighted by molar-refractivity contribution is 5.28. The summed E-state index contributed by atoms with van der Waals surface area (Å²) in [6.07, 6.45) is 12.3. The molecule has 0 heteroatoms. The number of benzene rings is 2. The van der Waals surface area contributed by atoms with Crippen LogP contribution < -0.4 is 0 Å². The minimum atomic E-state index is 0.907. The zero-order valence-electron chi connectivity index (χ0n) is 19.1. The predicted octanol–water partition coefficient (Wildman–Crippen LogP) is 6.70. The molecule has 2 aromatic rings. The van der Waals surface area contributed by atoms with E-state index < -0.39 is 0 Å². The van der Waals surface area contributed by atoms with Gasteiger partial charge in [-0.3, -0.25) is 0 Å². The first-order valence-electron chi connectivity index (χ1n) is 12.0. The van der Waals surface area contributed by atoms with Crippen molar-refractivity contribution >= 4 is 0 Å². The second-order valence-electron chi connectivity index (χ2n) is 8.25. The lowest BCUT2D eigenvalue weighted by atomic mass is 10.0. The van der Waals surface area contributed by atoms with E-state index in [4.69, 9.17) is 0 Å². The third-order valence-corrected chi connectivity index (χ3v) is 5.59. The van der Waals surface area contributed by atoms with E-state index in [2.05, 4.69) is 95.9 Å². The maximum absolute atomic E-state index is 3.20. The first-order chi connectivity index (χ1) is 15.9. The summed E-state index contributed by atoms with van der Waals surface area (Å²) in [5.41, 5.74) is 5.55. The molecule has 0 aromatic heterocycles. The van der Waals surface area contributed by atoms with Crippen LogP contribution in [0.4, 0.5) is 0 Å². The van der Waals surface area contributed by atoms with Crippen LogP contribution in [0, 0.1) is 47.4 Å². The number of hydrogen-bond acceptors (Lipinski definition) is 0. The Morgan fingerprint density at radius 2 is 0.562 bits per heavy atom.